The summed E-state index contributed by atoms with van der Waals surface area (Å²) in [6, 6.07) is -0.662. The van der Waals surface area contributed by atoms with Crippen molar-refractivity contribution in [3.63, 3.8) is 0 Å². The molecule has 0 amide bonds. The van der Waals surface area contributed by atoms with Crippen molar-refractivity contribution in [1.82, 2.24) is 4.90 Å². The van der Waals surface area contributed by atoms with Crippen LogP contribution in [-0.4, -0.2) is 149 Å². The number of methoxy groups -OCH3 is 3. The number of aldehydes is 1. The first-order valence-electron chi connectivity index (χ1n) is 19.7. The highest BCUT2D eigenvalue weighted by atomic mass is 16.7. The van der Waals surface area contributed by atoms with Gasteiger partial charge in [0.15, 0.2) is 37.4 Å². The molecule has 0 aliphatic carbocycles. The summed E-state index contributed by atoms with van der Waals surface area (Å²) >= 11 is 0. The highest BCUT2D eigenvalue weighted by Gasteiger charge is 2.53. The van der Waals surface area contributed by atoms with E-state index in [4.69, 9.17) is 47.4 Å². The van der Waals surface area contributed by atoms with Gasteiger partial charge in [0.25, 0.3) is 0 Å². The van der Waals surface area contributed by atoms with Crippen LogP contribution in [0.3, 0.4) is 0 Å². The van der Waals surface area contributed by atoms with E-state index in [1.807, 2.05) is 25.9 Å². The van der Waals surface area contributed by atoms with E-state index in [2.05, 4.69) is 20.8 Å². The Labute approximate surface area is 337 Å². The molecule has 57 heavy (non-hydrogen) atoms. The van der Waals surface area contributed by atoms with Crippen molar-refractivity contribution >= 4 is 30.2 Å². The van der Waals surface area contributed by atoms with Crippen LogP contribution in [0.2, 0.25) is 0 Å². The number of carbonyl (C=O) groups is 5. The van der Waals surface area contributed by atoms with Gasteiger partial charge in [0.05, 0.1) is 30.8 Å². The van der Waals surface area contributed by atoms with Crippen molar-refractivity contribution in [2.75, 3.05) is 35.4 Å². The van der Waals surface area contributed by atoms with Crippen molar-refractivity contribution in [3.05, 3.63) is 0 Å². The minimum atomic E-state index is -1.38. The number of rotatable bonds is 23. The molecule has 2 aliphatic rings. The van der Waals surface area contributed by atoms with E-state index < -0.39 is 110 Å². The van der Waals surface area contributed by atoms with Gasteiger partial charge in [-0.05, 0) is 51.6 Å². The van der Waals surface area contributed by atoms with Crippen molar-refractivity contribution in [2.45, 2.75) is 168 Å². The molecule has 2 heterocycles. The number of carboxylic acid groups (broad SMARTS) is 1. The van der Waals surface area contributed by atoms with Gasteiger partial charge in [0.1, 0.15) is 18.3 Å². The van der Waals surface area contributed by atoms with Gasteiger partial charge >= 0.3 is 23.9 Å². The van der Waals surface area contributed by atoms with Gasteiger partial charge in [-0.3, -0.25) is 24.0 Å². The monoisotopic (exact) mass is 819 g/mol. The summed E-state index contributed by atoms with van der Waals surface area (Å²) in [5.41, 5.74) is -0.0987. The fraction of sp³-hybridized carbons (Fsp3) is 0.875. The topological polar surface area (TPSA) is 201 Å². The molecule has 2 rings (SSSR count). The molecule has 0 bridgehead atoms. The molecule has 330 valence electrons. The number of nitrogens with zero attached hydrogens (tertiary/aromatic N) is 1. The average molecular weight is 820 g/mol. The standard InChI is InChI=1S/C40H69NO16/c1-15-31(47)55-28(18-30(45)46)37(50-14)36(27(17-32(48-12)49-13)16-21(2)29(20-42)53-25(6)43)57-39-38(54-26(7)44)34(41(10)11)35(24(5)52-39)56-33-19-40(8,9)22(3)23(4)51-33/h20-24,27-29,32-39H,15-19H2,1-14H3,(H,45,46)/t21-,22?,23-,24+,27-,28-,29+,33+,34?,35?,36+,37+,38?,39+/m1/s1. The number of likely N-dealkylation sites (N-methyl/N-ethyl adjacent to an activating group) is 1. The number of aliphatic carboxylic acids is 1. The molecule has 17 nitrogen and oxygen atoms in total. The predicted octanol–water partition coefficient (Wildman–Crippen LogP) is 3.75. The van der Waals surface area contributed by atoms with E-state index in [-0.39, 0.29) is 36.7 Å². The second kappa shape index (κ2) is 23.1. The molecule has 2 saturated heterocycles. The van der Waals surface area contributed by atoms with E-state index >= 15 is 0 Å². The van der Waals surface area contributed by atoms with Gasteiger partial charge in [0.2, 0.25) is 0 Å². The molecule has 0 saturated carbocycles. The van der Waals surface area contributed by atoms with E-state index in [1.165, 1.54) is 35.2 Å². The van der Waals surface area contributed by atoms with Crippen molar-refractivity contribution in [3.8, 4) is 0 Å². The molecular weight excluding hydrogens is 750 g/mol. The summed E-state index contributed by atoms with van der Waals surface area (Å²) in [4.78, 5) is 63.8. The second-order valence-electron chi connectivity index (χ2n) is 16.2. The van der Waals surface area contributed by atoms with Gasteiger partial charge < -0.3 is 57.4 Å². The molecule has 0 aromatic carbocycles. The largest absolute Gasteiger partial charge is 0.481 e. The molecule has 2 fully saturated rings. The van der Waals surface area contributed by atoms with Crippen molar-refractivity contribution < 1.29 is 76.4 Å². The van der Waals surface area contributed by atoms with Crippen LogP contribution < -0.4 is 0 Å². The summed E-state index contributed by atoms with van der Waals surface area (Å²) in [7, 11) is 7.81. The lowest BCUT2D eigenvalue weighted by molar-refractivity contribution is -0.340. The number of carbonyl (C=O) groups excluding carboxylic acids is 4. The molecular formula is C40H69NO16. The van der Waals surface area contributed by atoms with Crippen LogP contribution in [0.25, 0.3) is 0 Å². The van der Waals surface area contributed by atoms with Crippen LogP contribution in [0.15, 0.2) is 0 Å². The average Bonchev–Trinajstić information content (AvgIpc) is 3.11. The maximum Gasteiger partial charge on any atom is 0.307 e. The number of ether oxygens (including phenoxy) is 10. The Kier molecular flexibility index (Phi) is 20.4. The zero-order chi connectivity index (χ0) is 43.4. The third kappa shape index (κ3) is 14.5. The first-order valence-corrected chi connectivity index (χ1v) is 19.7. The Hall–Kier alpha value is -2.77. The Balaban J connectivity index is 2.79. The molecule has 1 N–H and O–H groups in total. The summed E-state index contributed by atoms with van der Waals surface area (Å²) in [6.45, 7) is 16.0. The molecule has 14 atom stereocenters. The van der Waals surface area contributed by atoms with Crippen LogP contribution in [-0.2, 0) is 71.3 Å². The van der Waals surface area contributed by atoms with Gasteiger partial charge in [-0.25, -0.2) is 0 Å². The SMILES string of the molecule is CCC(=O)O[C@H](CC(=O)O)[C@H](OC)[C@@H](O[C@@H]1O[C@@H](C)C(O[C@H]2CC(C)(C)C(C)[C@@H](C)O2)C(N(C)C)C1OC(C)=O)[C@@H](CC(OC)OC)C[C@@H](C)[C@H](C=O)OC(C)=O. The number of esters is 3. The Morgan fingerprint density at radius 2 is 1.53 bits per heavy atom. The lowest BCUT2D eigenvalue weighted by Crippen LogP contribution is -2.66. The summed E-state index contributed by atoms with van der Waals surface area (Å²) in [6.07, 6.45) is -9.82. The van der Waals surface area contributed by atoms with Crippen LogP contribution >= 0.6 is 0 Å². The highest BCUT2D eigenvalue weighted by Crippen LogP contribution is 2.43. The summed E-state index contributed by atoms with van der Waals surface area (Å²) in [5.74, 6) is -4.37. The van der Waals surface area contributed by atoms with E-state index in [9.17, 15) is 29.1 Å². The number of carboxylic acids is 1. The summed E-state index contributed by atoms with van der Waals surface area (Å²) < 4.78 is 60.7. The fourth-order valence-electron chi connectivity index (χ4n) is 7.85. The van der Waals surface area contributed by atoms with Crippen LogP contribution in [0.1, 0.15) is 94.4 Å². The molecule has 0 aromatic rings. The number of hydrogen-bond donors (Lipinski definition) is 1. The zero-order valence-corrected chi connectivity index (χ0v) is 36.3. The first kappa shape index (κ1) is 50.4. The lowest BCUT2D eigenvalue weighted by atomic mass is 9.73. The third-order valence-corrected chi connectivity index (χ3v) is 11.3. The molecule has 0 aromatic heterocycles. The smallest absolute Gasteiger partial charge is 0.307 e. The molecule has 4 unspecified atom stereocenters. The normalized spacial score (nSPS) is 29.4. The molecule has 0 spiro atoms. The van der Waals surface area contributed by atoms with Crippen LogP contribution in [0.4, 0.5) is 0 Å². The van der Waals surface area contributed by atoms with Gasteiger partial charge in [-0.1, -0.05) is 34.6 Å². The predicted molar refractivity (Wildman–Crippen MR) is 204 cm³/mol. The molecule has 0 radical (unpaired) electrons. The minimum Gasteiger partial charge on any atom is -0.481 e. The van der Waals surface area contributed by atoms with Gasteiger partial charge in [-0.15, -0.1) is 0 Å². The minimum absolute atomic E-state index is 0.0549. The van der Waals surface area contributed by atoms with Crippen LogP contribution in [0, 0.1) is 23.2 Å². The Morgan fingerprint density at radius 3 is 2.00 bits per heavy atom. The molecule has 2 aliphatic heterocycles. The zero-order valence-electron chi connectivity index (χ0n) is 36.3. The molecule has 17 heteroatoms. The van der Waals surface area contributed by atoms with E-state index in [0.29, 0.717) is 12.7 Å². The third-order valence-electron chi connectivity index (χ3n) is 11.3. The van der Waals surface area contributed by atoms with Gasteiger partial charge in [0, 0.05) is 60.4 Å². The maximum atomic E-state index is 12.9. The Bertz CT molecular complexity index is 1290. The van der Waals surface area contributed by atoms with E-state index in [0.717, 1.165) is 0 Å². The van der Waals surface area contributed by atoms with Crippen molar-refractivity contribution in [1.29, 1.82) is 0 Å². The first-order chi connectivity index (χ1) is 26.6. The van der Waals surface area contributed by atoms with E-state index in [1.54, 1.807) is 20.8 Å². The Morgan fingerprint density at radius 1 is 0.895 bits per heavy atom. The highest BCUT2D eigenvalue weighted by molar-refractivity contribution is 5.71. The lowest BCUT2D eigenvalue weighted by Gasteiger charge is -2.51. The van der Waals surface area contributed by atoms with Crippen LogP contribution in [0.5, 0.6) is 0 Å². The summed E-state index contributed by atoms with van der Waals surface area (Å²) in [5, 5.41) is 9.98. The maximum absolute atomic E-state index is 12.9. The fourth-order valence-corrected chi connectivity index (χ4v) is 7.85. The quantitative estimate of drug-likeness (QED) is 0.0675. The second-order valence-corrected chi connectivity index (χ2v) is 16.2. The van der Waals surface area contributed by atoms with Crippen molar-refractivity contribution in [2.24, 2.45) is 23.2 Å². The number of hydrogen-bond acceptors (Lipinski definition) is 16. The van der Waals surface area contributed by atoms with Gasteiger partial charge in [-0.2, -0.15) is 0 Å².